The molecule has 3 atom stereocenters. The van der Waals surface area contributed by atoms with Crippen LogP contribution in [0, 0.1) is 5.92 Å². The van der Waals surface area contributed by atoms with Crippen molar-refractivity contribution in [2.75, 3.05) is 37.4 Å². The SMILES string of the molecule is C[C@@H]1CN([C@@H](C)CO)C(=O)Cc2cc(NC(=O)Nc3ccc(C(F)(F)F)cc3)ccc2O[C@H]1CN(C)Cc1ccccc1. The molecule has 0 aliphatic carbocycles. The maximum Gasteiger partial charge on any atom is 0.416 e. The molecule has 11 heteroatoms. The van der Waals surface area contributed by atoms with E-state index in [0.29, 0.717) is 36.6 Å². The number of fused-ring (bicyclic) bond motifs is 1. The molecule has 0 radical (unpaired) electrons. The zero-order chi connectivity index (χ0) is 31.1. The van der Waals surface area contributed by atoms with Crippen molar-refractivity contribution < 1.29 is 32.6 Å². The molecule has 3 aromatic carbocycles. The zero-order valence-corrected chi connectivity index (χ0v) is 24.4. The first kappa shape index (κ1) is 31.8. The Labute approximate surface area is 249 Å². The average Bonchev–Trinajstić information content (AvgIpc) is 3.00. The van der Waals surface area contributed by atoms with Crippen LogP contribution in [-0.4, -0.2) is 65.7 Å². The Kier molecular flexibility index (Phi) is 10.3. The van der Waals surface area contributed by atoms with Gasteiger partial charge in [0.2, 0.25) is 5.91 Å². The lowest BCUT2D eigenvalue weighted by Gasteiger charge is -2.34. The van der Waals surface area contributed by atoms with E-state index in [1.165, 1.54) is 12.1 Å². The number of aliphatic hydroxyl groups is 1. The molecule has 43 heavy (non-hydrogen) atoms. The molecule has 1 aliphatic rings. The van der Waals surface area contributed by atoms with E-state index in [1.807, 2.05) is 32.2 Å². The highest BCUT2D eigenvalue weighted by molar-refractivity contribution is 6.00. The van der Waals surface area contributed by atoms with Crippen molar-refractivity contribution in [1.29, 1.82) is 0 Å². The number of likely N-dealkylation sites (N-methyl/N-ethyl adjacent to an activating group) is 1. The maximum atomic E-state index is 13.4. The van der Waals surface area contributed by atoms with E-state index in [2.05, 4.69) is 27.7 Å². The number of carbonyl (C=O) groups excluding carboxylic acids is 2. The summed E-state index contributed by atoms with van der Waals surface area (Å²) in [6.07, 6.45) is -4.76. The third-order valence-electron chi connectivity index (χ3n) is 7.43. The lowest BCUT2D eigenvalue weighted by molar-refractivity contribution is -0.137. The summed E-state index contributed by atoms with van der Waals surface area (Å²) in [5.41, 5.74) is 1.49. The molecule has 8 nitrogen and oxygen atoms in total. The number of amides is 3. The Hall–Kier alpha value is -4.09. The molecule has 1 heterocycles. The van der Waals surface area contributed by atoms with Crippen LogP contribution in [-0.2, 0) is 23.9 Å². The normalized spacial score (nSPS) is 18.1. The van der Waals surface area contributed by atoms with E-state index < -0.39 is 23.8 Å². The van der Waals surface area contributed by atoms with Crippen molar-refractivity contribution in [3.8, 4) is 5.75 Å². The number of nitrogens with zero attached hydrogens (tertiary/aromatic N) is 2. The maximum absolute atomic E-state index is 13.4. The van der Waals surface area contributed by atoms with Crippen molar-refractivity contribution >= 4 is 23.3 Å². The van der Waals surface area contributed by atoms with Crippen molar-refractivity contribution in [3.63, 3.8) is 0 Å². The van der Waals surface area contributed by atoms with E-state index in [1.54, 1.807) is 30.0 Å². The van der Waals surface area contributed by atoms with Crippen LogP contribution < -0.4 is 15.4 Å². The number of alkyl halides is 3. The van der Waals surface area contributed by atoms with Gasteiger partial charge in [-0.15, -0.1) is 0 Å². The molecule has 3 aromatic rings. The number of hydrogen-bond donors (Lipinski definition) is 3. The van der Waals surface area contributed by atoms with E-state index in [9.17, 15) is 27.9 Å². The first-order valence-electron chi connectivity index (χ1n) is 14.1. The van der Waals surface area contributed by atoms with Crippen LogP contribution in [0.4, 0.5) is 29.3 Å². The molecule has 0 aromatic heterocycles. The third kappa shape index (κ3) is 8.71. The lowest BCUT2D eigenvalue weighted by Crippen LogP contribution is -2.47. The zero-order valence-electron chi connectivity index (χ0n) is 24.4. The summed E-state index contributed by atoms with van der Waals surface area (Å²) in [6, 6.07) is 18.2. The number of rotatable bonds is 8. The van der Waals surface area contributed by atoms with Gasteiger partial charge in [-0.25, -0.2) is 4.79 Å². The van der Waals surface area contributed by atoms with E-state index in [0.717, 1.165) is 17.7 Å². The standard InChI is InChI=1S/C32H37F3N4O4/c1-21-17-39(22(2)20-40)30(41)16-24-15-27(37-31(42)36-26-11-9-25(10-12-26)32(33,34)35)13-14-28(24)43-29(21)19-38(3)18-23-7-5-4-6-8-23/h4-15,21-22,29,40H,16-20H2,1-3H3,(H2,36,37,42)/t21-,22+,29+/m1/s1. The molecule has 1 aliphatic heterocycles. The summed E-state index contributed by atoms with van der Waals surface area (Å²) in [7, 11) is 2.01. The smallest absolute Gasteiger partial charge is 0.416 e. The second-order valence-corrected chi connectivity index (χ2v) is 11.0. The molecule has 3 amide bonds. The Morgan fingerprint density at radius 1 is 1.07 bits per heavy atom. The van der Waals surface area contributed by atoms with Gasteiger partial charge in [-0.1, -0.05) is 37.3 Å². The van der Waals surface area contributed by atoms with E-state index in [-0.39, 0.29) is 36.6 Å². The average molecular weight is 599 g/mol. The van der Waals surface area contributed by atoms with Gasteiger partial charge in [0.15, 0.2) is 0 Å². The van der Waals surface area contributed by atoms with Gasteiger partial charge in [0.1, 0.15) is 11.9 Å². The Balaban J connectivity index is 1.53. The molecule has 0 bridgehead atoms. The van der Waals surface area contributed by atoms with Gasteiger partial charge in [0, 0.05) is 42.5 Å². The van der Waals surface area contributed by atoms with E-state index in [4.69, 9.17) is 4.74 Å². The molecule has 0 unspecified atom stereocenters. The van der Waals surface area contributed by atoms with Crippen LogP contribution in [0.5, 0.6) is 5.75 Å². The number of urea groups is 1. The number of aliphatic hydroxyl groups excluding tert-OH is 1. The summed E-state index contributed by atoms with van der Waals surface area (Å²) in [4.78, 5) is 29.9. The quantitative estimate of drug-likeness (QED) is 0.313. The van der Waals surface area contributed by atoms with Crippen molar-refractivity contribution in [1.82, 2.24) is 9.80 Å². The number of ether oxygens (including phenoxy) is 1. The monoisotopic (exact) mass is 598 g/mol. The van der Waals surface area contributed by atoms with Gasteiger partial charge in [-0.3, -0.25) is 9.69 Å². The first-order chi connectivity index (χ1) is 20.4. The van der Waals surface area contributed by atoms with Gasteiger partial charge in [0.25, 0.3) is 0 Å². The molecule has 230 valence electrons. The number of benzene rings is 3. The highest BCUT2D eigenvalue weighted by Crippen LogP contribution is 2.31. The summed E-state index contributed by atoms with van der Waals surface area (Å²) in [5, 5.41) is 15.1. The Morgan fingerprint density at radius 2 is 1.72 bits per heavy atom. The van der Waals surface area contributed by atoms with E-state index >= 15 is 0 Å². The second kappa shape index (κ2) is 13.9. The highest BCUT2D eigenvalue weighted by atomic mass is 19.4. The largest absolute Gasteiger partial charge is 0.488 e. The fraction of sp³-hybridized carbons (Fsp3) is 0.375. The molecular weight excluding hydrogens is 561 g/mol. The van der Waals surface area contributed by atoms with Gasteiger partial charge in [0.05, 0.1) is 24.6 Å². The Morgan fingerprint density at radius 3 is 2.37 bits per heavy atom. The molecule has 0 saturated heterocycles. The molecule has 0 fully saturated rings. The summed E-state index contributed by atoms with van der Waals surface area (Å²) in [6.45, 7) is 5.34. The van der Waals surface area contributed by atoms with Crippen LogP contribution >= 0.6 is 0 Å². The minimum atomic E-state index is -4.47. The number of hydrogen-bond acceptors (Lipinski definition) is 5. The number of anilines is 2. The first-order valence-corrected chi connectivity index (χ1v) is 14.1. The molecule has 0 saturated carbocycles. The fourth-order valence-electron chi connectivity index (χ4n) is 5.03. The minimum absolute atomic E-state index is 0.00495. The van der Waals surface area contributed by atoms with Crippen molar-refractivity contribution in [2.45, 2.75) is 45.1 Å². The van der Waals surface area contributed by atoms with Crippen LogP contribution in [0.15, 0.2) is 72.8 Å². The lowest BCUT2D eigenvalue weighted by atomic mass is 10.0. The molecule has 3 N–H and O–H groups in total. The van der Waals surface area contributed by atoms with Crippen LogP contribution in [0.1, 0.15) is 30.5 Å². The Bertz CT molecular complexity index is 1390. The fourth-order valence-corrected chi connectivity index (χ4v) is 5.03. The van der Waals surface area contributed by atoms with Gasteiger partial charge in [-0.05, 0) is 62.0 Å². The van der Waals surface area contributed by atoms with Crippen LogP contribution in [0.3, 0.4) is 0 Å². The van der Waals surface area contributed by atoms with Crippen LogP contribution in [0.25, 0.3) is 0 Å². The molecular formula is C32H37F3N4O4. The predicted octanol–water partition coefficient (Wildman–Crippen LogP) is 5.63. The number of nitrogens with one attached hydrogen (secondary N) is 2. The number of halogens is 3. The minimum Gasteiger partial charge on any atom is -0.488 e. The third-order valence-corrected chi connectivity index (χ3v) is 7.43. The molecule has 4 rings (SSSR count). The highest BCUT2D eigenvalue weighted by Gasteiger charge is 2.32. The summed E-state index contributed by atoms with van der Waals surface area (Å²) < 4.78 is 45.1. The van der Waals surface area contributed by atoms with Gasteiger partial charge >= 0.3 is 12.2 Å². The van der Waals surface area contributed by atoms with Crippen molar-refractivity contribution in [3.05, 3.63) is 89.5 Å². The summed E-state index contributed by atoms with van der Waals surface area (Å²) in [5.74, 6) is 0.280. The number of carbonyl (C=O) groups is 2. The van der Waals surface area contributed by atoms with Gasteiger partial charge in [-0.2, -0.15) is 13.2 Å². The second-order valence-electron chi connectivity index (χ2n) is 11.0. The predicted molar refractivity (Wildman–Crippen MR) is 159 cm³/mol. The van der Waals surface area contributed by atoms with Gasteiger partial charge < -0.3 is 25.4 Å². The molecule has 0 spiro atoms. The topological polar surface area (TPSA) is 94.1 Å². The van der Waals surface area contributed by atoms with Crippen LogP contribution in [0.2, 0.25) is 0 Å². The van der Waals surface area contributed by atoms with Crippen molar-refractivity contribution in [2.24, 2.45) is 5.92 Å². The summed E-state index contributed by atoms with van der Waals surface area (Å²) >= 11 is 0.